The lowest BCUT2D eigenvalue weighted by atomic mass is 10.1. The molecule has 0 saturated carbocycles. The third kappa shape index (κ3) is 4.14. The Morgan fingerprint density at radius 1 is 0.893 bits per heavy atom. The molecule has 0 fully saturated rings. The number of benzene rings is 3. The molecule has 4 nitrogen and oxygen atoms in total. The molecular formula is C23H20ClN3O. The van der Waals surface area contributed by atoms with Gasteiger partial charge in [-0.05, 0) is 30.2 Å². The molecule has 0 saturated heterocycles. The molecule has 1 atom stereocenters. The van der Waals surface area contributed by atoms with Gasteiger partial charge in [-0.15, -0.1) is 10.2 Å². The summed E-state index contributed by atoms with van der Waals surface area (Å²) in [4.78, 5) is 0. The minimum atomic E-state index is -0.216. The molecule has 0 aliphatic heterocycles. The van der Waals surface area contributed by atoms with Crippen molar-refractivity contribution in [3.8, 4) is 11.5 Å². The van der Waals surface area contributed by atoms with E-state index in [2.05, 4.69) is 46.7 Å². The van der Waals surface area contributed by atoms with Crippen molar-refractivity contribution in [2.24, 2.45) is 0 Å². The Kier molecular flexibility index (Phi) is 5.51. The number of nitrogens with zero attached hydrogens (tertiary/aromatic N) is 2. The Bertz CT molecular complexity index is 1040. The number of hydrogen-bond acceptors (Lipinski definition) is 4. The summed E-state index contributed by atoms with van der Waals surface area (Å²) >= 11 is 6.28. The first-order valence-corrected chi connectivity index (χ1v) is 9.50. The third-order valence-electron chi connectivity index (χ3n) is 4.56. The average molecular weight is 390 g/mol. The summed E-state index contributed by atoms with van der Waals surface area (Å²) in [6, 6.07) is 25.8. The zero-order chi connectivity index (χ0) is 19.3. The first-order chi connectivity index (χ1) is 13.7. The molecule has 1 heterocycles. The molecule has 0 radical (unpaired) electrons. The number of aromatic nitrogens is 2. The van der Waals surface area contributed by atoms with Crippen LogP contribution in [0, 0.1) is 6.92 Å². The van der Waals surface area contributed by atoms with Crippen molar-refractivity contribution in [3.63, 3.8) is 0 Å². The van der Waals surface area contributed by atoms with Gasteiger partial charge in [0.1, 0.15) is 6.04 Å². The summed E-state index contributed by atoms with van der Waals surface area (Å²) in [5.41, 5.74) is 4.22. The lowest BCUT2D eigenvalue weighted by molar-refractivity contribution is 0.438. The smallest absolute Gasteiger partial charge is 0.249 e. The average Bonchev–Trinajstić information content (AvgIpc) is 3.20. The molecule has 5 heteroatoms. The second-order valence-electron chi connectivity index (χ2n) is 6.64. The molecule has 0 aliphatic rings. The van der Waals surface area contributed by atoms with Crippen molar-refractivity contribution < 1.29 is 4.42 Å². The number of hydrogen-bond donors (Lipinski definition) is 1. The van der Waals surface area contributed by atoms with Crippen LogP contribution in [0.15, 0.2) is 83.3 Å². The van der Waals surface area contributed by atoms with E-state index in [1.54, 1.807) is 0 Å². The van der Waals surface area contributed by atoms with Crippen molar-refractivity contribution in [2.75, 3.05) is 0 Å². The number of rotatable bonds is 6. The highest BCUT2D eigenvalue weighted by atomic mass is 35.5. The Labute approximate surface area is 169 Å². The molecule has 0 amide bonds. The van der Waals surface area contributed by atoms with Crippen molar-refractivity contribution >= 4 is 11.6 Å². The van der Waals surface area contributed by atoms with E-state index in [1.165, 1.54) is 11.1 Å². The Morgan fingerprint density at radius 2 is 1.61 bits per heavy atom. The summed E-state index contributed by atoms with van der Waals surface area (Å²) in [6.45, 7) is 2.77. The molecule has 28 heavy (non-hydrogen) atoms. The Morgan fingerprint density at radius 3 is 2.36 bits per heavy atom. The summed E-state index contributed by atoms with van der Waals surface area (Å²) in [5.74, 6) is 0.923. The van der Waals surface area contributed by atoms with E-state index in [0.29, 0.717) is 23.3 Å². The maximum Gasteiger partial charge on any atom is 0.249 e. The van der Waals surface area contributed by atoms with Crippen molar-refractivity contribution in [3.05, 3.63) is 106 Å². The van der Waals surface area contributed by atoms with Crippen LogP contribution in [0.1, 0.15) is 28.6 Å². The largest absolute Gasteiger partial charge is 0.419 e. The molecule has 140 valence electrons. The van der Waals surface area contributed by atoms with Crippen molar-refractivity contribution in [1.82, 2.24) is 15.5 Å². The molecule has 0 bridgehead atoms. The van der Waals surface area contributed by atoms with Crippen molar-refractivity contribution in [2.45, 2.75) is 19.5 Å². The predicted octanol–water partition coefficient (Wildman–Crippen LogP) is 5.58. The van der Waals surface area contributed by atoms with E-state index in [4.69, 9.17) is 16.0 Å². The van der Waals surface area contributed by atoms with Crippen LogP contribution >= 0.6 is 11.6 Å². The van der Waals surface area contributed by atoms with Gasteiger partial charge in [-0.25, -0.2) is 0 Å². The molecule has 4 aromatic rings. The minimum Gasteiger partial charge on any atom is -0.419 e. The topological polar surface area (TPSA) is 51.0 Å². The lowest BCUT2D eigenvalue weighted by Gasteiger charge is -2.16. The molecule has 4 rings (SSSR count). The molecule has 3 aromatic carbocycles. The fourth-order valence-corrected chi connectivity index (χ4v) is 3.23. The fourth-order valence-electron chi connectivity index (χ4n) is 3.01. The van der Waals surface area contributed by atoms with Crippen LogP contribution in [0.5, 0.6) is 0 Å². The highest BCUT2D eigenvalue weighted by Gasteiger charge is 2.21. The van der Waals surface area contributed by atoms with E-state index in [0.717, 1.165) is 11.1 Å². The van der Waals surface area contributed by atoms with Crippen LogP contribution in [0.25, 0.3) is 11.5 Å². The summed E-state index contributed by atoms with van der Waals surface area (Å²) in [6.07, 6.45) is 0. The SMILES string of the molecule is Cc1ccc(CNC(c2ccccc2)c2nnc(-c3ccccc3Cl)o2)cc1. The van der Waals surface area contributed by atoms with Gasteiger partial charge in [0.05, 0.1) is 10.6 Å². The quantitative estimate of drug-likeness (QED) is 0.467. The van der Waals surface area contributed by atoms with Crippen LogP contribution in [-0.2, 0) is 6.54 Å². The zero-order valence-electron chi connectivity index (χ0n) is 15.5. The fraction of sp³-hybridized carbons (Fsp3) is 0.130. The van der Waals surface area contributed by atoms with Gasteiger partial charge in [-0.2, -0.15) is 0 Å². The third-order valence-corrected chi connectivity index (χ3v) is 4.89. The van der Waals surface area contributed by atoms with Gasteiger partial charge in [0, 0.05) is 6.54 Å². The second kappa shape index (κ2) is 8.38. The Balaban J connectivity index is 1.62. The van der Waals surface area contributed by atoms with Gasteiger partial charge in [0.2, 0.25) is 11.8 Å². The maximum absolute atomic E-state index is 6.28. The van der Waals surface area contributed by atoms with Gasteiger partial charge in [-0.3, -0.25) is 5.32 Å². The standard InChI is InChI=1S/C23H20ClN3O/c1-16-11-13-17(14-12-16)15-25-21(18-7-3-2-4-8-18)23-27-26-22(28-23)19-9-5-6-10-20(19)24/h2-14,21,25H,15H2,1H3. The minimum absolute atomic E-state index is 0.216. The van der Waals surface area contributed by atoms with Gasteiger partial charge in [0.15, 0.2) is 0 Å². The van der Waals surface area contributed by atoms with Gasteiger partial charge < -0.3 is 4.42 Å². The summed E-state index contributed by atoms with van der Waals surface area (Å²) < 4.78 is 6.01. The molecule has 0 spiro atoms. The molecule has 1 N–H and O–H groups in total. The Hall–Kier alpha value is -2.95. The highest BCUT2D eigenvalue weighted by molar-refractivity contribution is 6.33. The van der Waals surface area contributed by atoms with Gasteiger partial charge in [-0.1, -0.05) is 83.9 Å². The number of halogens is 1. The zero-order valence-corrected chi connectivity index (χ0v) is 16.2. The van der Waals surface area contributed by atoms with Crippen LogP contribution < -0.4 is 5.32 Å². The van der Waals surface area contributed by atoms with E-state index in [9.17, 15) is 0 Å². The van der Waals surface area contributed by atoms with Crippen LogP contribution in [0.2, 0.25) is 5.02 Å². The van der Waals surface area contributed by atoms with Gasteiger partial charge in [0.25, 0.3) is 0 Å². The molecule has 0 aliphatic carbocycles. The first-order valence-electron chi connectivity index (χ1n) is 9.13. The van der Waals surface area contributed by atoms with Crippen LogP contribution in [-0.4, -0.2) is 10.2 Å². The van der Waals surface area contributed by atoms with Crippen LogP contribution in [0.4, 0.5) is 0 Å². The molecule has 1 aromatic heterocycles. The van der Waals surface area contributed by atoms with Gasteiger partial charge >= 0.3 is 0 Å². The summed E-state index contributed by atoms with van der Waals surface area (Å²) in [7, 11) is 0. The number of nitrogens with one attached hydrogen (secondary N) is 1. The maximum atomic E-state index is 6.28. The van der Waals surface area contributed by atoms with E-state index >= 15 is 0 Å². The normalized spacial score (nSPS) is 12.1. The first kappa shape index (κ1) is 18.4. The molecule has 1 unspecified atom stereocenters. The second-order valence-corrected chi connectivity index (χ2v) is 7.04. The predicted molar refractivity (Wildman–Crippen MR) is 111 cm³/mol. The molecular weight excluding hydrogens is 370 g/mol. The highest BCUT2D eigenvalue weighted by Crippen LogP contribution is 2.29. The summed E-state index contributed by atoms with van der Waals surface area (Å²) in [5, 5.41) is 12.6. The van der Waals surface area contributed by atoms with Crippen LogP contribution in [0.3, 0.4) is 0 Å². The van der Waals surface area contributed by atoms with E-state index < -0.39 is 0 Å². The van der Waals surface area contributed by atoms with E-state index in [-0.39, 0.29) is 6.04 Å². The van der Waals surface area contributed by atoms with E-state index in [1.807, 2.05) is 54.6 Å². The lowest BCUT2D eigenvalue weighted by Crippen LogP contribution is -2.22. The van der Waals surface area contributed by atoms with Crippen molar-refractivity contribution in [1.29, 1.82) is 0 Å². The monoisotopic (exact) mass is 389 g/mol. The number of aryl methyl sites for hydroxylation is 1.